The van der Waals surface area contributed by atoms with Crippen molar-refractivity contribution >= 4 is 41.0 Å². The molecule has 1 N–H and O–H groups in total. The fourth-order valence-electron chi connectivity index (χ4n) is 3.39. The van der Waals surface area contributed by atoms with Gasteiger partial charge in [-0.15, -0.1) is 10.2 Å². The van der Waals surface area contributed by atoms with Crippen LogP contribution in [0.5, 0.6) is 5.75 Å². The van der Waals surface area contributed by atoms with E-state index in [-0.39, 0.29) is 18.3 Å². The van der Waals surface area contributed by atoms with Crippen LogP contribution in [0.15, 0.2) is 53.7 Å². The standard InChI is InChI=1S/C22H23N5O4S/c1-3-31-20(29)17-6-4-5-7-18(17)23-19(28)14-32-22-25-24-21-26(12-13-27(21)22)15-8-10-16(30-2)11-9-15/h4-11H,3,12-14H2,1-2H3,(H,23,28). The number of hydrogen-bond donors (Lipinski definition) is 1. The fraction of sp³-hybridized carbons (Fsp3) is 0.273. The van der Waals surface area contributed by atoms with E-state index in [1.54, 1.807) is 38.3 Å². The van der Waals surface area contributed by atoms with Crippen LogP contribution in [0.25, 0.3) is 0 Å². The second kappa shape index (κ2) is 9.73. The number of rotatable bonds is 8. The molecule has 32 heavy (non-hydrogen) atoms. The number of carbonyl (C=O) groups is 2. The zero-order chi connectivity index (χ0) is 22.5. The lowest BCUT2D eigenvalue weighted by Crippen LogP contribution is -2.17. The topological polar surface area (TPSA) is 98.6 Å². The minimum Gasteiger partial charge on any atom is -0.497 e. The highest BCUT2D eigenvalue weighted by Gasteiger charge is 2.26. The Kier molecular flexibility index (Phi) is 6.60. The Morgan fingerprint density at radius 3 is 2.62 bits per heavy atom. The molecule has 1 aliphatic rings. The quantitative estimate of drug-likeness (QED) is 0.410. The Hall–Kier alpha value is -3.53. The molecule has 4 rings (SSSR count). The van der Waals surface area contributed by atoms with Gasteiger partial charge in [0.1, 0.15) is 5.75 Å². The van der Waals surface area contributed by atoms with E-state index in [1.165, 1.54) is 11.8 Å². The molecule has 0 unspecified atom stereocenters. The van der Waals surface area contributed by atoms with Gasteiger partial charge in [-0.05, 0) is 43.3 Å². The van der Waals surface area contributed by atoms with Gasteiger partial charge in [-0.25, -0.2) is 4.79 Å². The van der Waals surface area contributed by atoms with Crippen molar-refractivity contribution < 1.29 is 19.1 Å². The third kappa shape index (κ3) is 4.54. The number of ether oxygens (including phenoxy) is 2. The maximum atomic E-state index is 12.5. The van der Waals surface area contributed by atoms with E-state index in [4.69, 9.17) is 9.47 Å². The SMILES string of the molecule is CCOC(=O)c1ccccc1NC(=O)CSc1nnc2n1CCN2c1ccc(OC)cc1. The van der Waals surface area contributed by atoms with Gasteiger partial charge in [0.05, 0.1) is 30.7 Å². The van der Waals surface area contributed by atoms with Crippen molar-refractivity contribution in [1.29, 1.82) is 0 Å². The van der Waals surface area contributed by atoms with Crippen molar-refractivity contribution in [3.8, 4) is 5.75 Å². The molecule has 0 saturated heterocycles. The predicted molar refractivity (Wildman–Crippen MR) is 122 cm³/mol. The summed E-state index contributed by atoms with van der Waals surface area (Å²) in [6.07, 6.45) is 0. The van der Waals surface area contributed by atoms with Gasteiger partial charge in [0.15, 0.2) is 5.16 Å². The molecule has 10 heteroatoms. The van der Waals surface area contributed by atoms with Crippen LogP contribution in [-0.4, -0.2) is 52.7 Å². The number of fused-ring (bicyclic) bond motifs is 1. The summed E-state index contributed by atoms with van der Waals surface area (Å²) in [5.41, 5.74) is 1.75. The van der Waals surface area contributed by atoms with Gasteiger partial charge in [0.25, 0.3) is 0 Å². The molecule has 0 saturated carbocycles. The van der Waals surface area contributed by atoms with Crippen molar-refractivity contribution in [1.82, 2.24) is 14.8 Å². The molecule has 0 fully saturated rings. The zero-order valence-corrected chi connectivity index (χ0v) is 18.6. The van der Waals surface area contributed by atoms with Crippen LogP contribution in [-0.2, 0) is 16.1 Å². The highest BCUT2D eigenvalue weighted by Crippen LogP contribution is 2.32. The van der Waals surface area contributed by atoms with Crippen molar-refractivity contribution in [3.05, 3.63) is 54.1 Å². The molecule has 3 aromatic rings. The number of anilines is 3. The van der Waals surface area contributed by atoms with E-state index >= 15 is 0 Å². The number of nitrogens with one attached hydrogen (secondary N) is 1. The zero-order valence-electron chi connectivity index (χ0n) is 17.8. The van der Waals surface area contributed by atoms with Crippen LogP contribution in [0.1, 0.15) is 17.3 Å². The van der Waals surface area contributed by atoms with E-state index in [9.17, 15) is 9.59 Å². The molecule has 2 heterocycles. The summed E-state index contributed by atoms with van der Waals surface area (Å²) in [6, 6.07) is 14.5. The van der Waals surface area contributed by atoms with Crippen LogP contribution in [0.4, 0.5) is 17.3 Å². The molecular weight excluding hydrogens is 430 g/mol. The molecule has 0 spiro atoms. The molecule has 9 nitrogen and oxygen atoms in total. The van der Waals surface area contributed by atoms with Gasteiger partial charge in [0.2, 0.25) is 11.9 Å². The van der Waals surface area contributed by atoms with Crippen molar-refractivity contribution in [2.45, 2.75) is 18.6 Å². The van der Waals surface area contributed by atoms with Crippen LogP contribution < -0.4 is 15.0 Å². The first-order valence-electron chi connectivity index (χ1n) is 10.1. The van der Waals surface area contributed by atoms with Crippen molar-refractivity contribution in [3.63, 3.8) is 0 Å². The maximum absolute atomic E-state index is 12.5. The first-order chi connectivity index (χ1) is 15.6. The molecule has 0 bridgehead atoms. The van der Waals surface area contributed by atoms with Gasteiger partial charge < -0.3 is 19.7 Å². The fourth-order valence-corrected chi connectivity index (χ4v) is 4.14. The van der Waals surface area contributed by atoms with Crippen LogP contribution in [0, 0.1) is 0 Å². The minimum absolute atomic E-state index is 0.137. The molecule has 1 aromatic heterocycles. The number of thioether (sulfide) groups is 1. The number of nitrogens with zero attached hydrogens (tertiary/aromatic N) is 4. The highest BCUT2D eigenvalue weighted by atomic mass is 32.2. The van der Waals surface area contributed by atoms with Gasteiger partial charge in [-0.1, -0.05) is 23.9 Å². The number of hydrogen-bond acceptors (Lipinski definition) is 8. The Balaban J connectivity index is 1.40. The third-order valence-electron chi connectivity index (χ3n) is 4.90. The number of amides is 1. The average Bonchev–Trinajstić information content (AvgIpc) is 3.41. The molecule has 0 aliphatic carbocycles. The van der Waals surface area contributed by atoms with Crippen LogP contribution >= 0.6 is 11.8 Å². The monoisotopic (exact) mass is 453 g/mol. The van der Waals surface area contributed by atoms with Gasteiger partial charge in [-0.3, -0.25) is 9.36 Å². The minimum atomic E-state index is -0.468. The van der Waals surface area contributed by atoms with Gasteiger partial charge in [0, 0.05) is 18.8 Å². The van der Waals surface area contributed by atoms with Crippen LogP contribution in [0.3, 0.4) is 0 Å². The lowest BCUT2D eigenvalue weighted by molar-refractivity contribution is -0.113. The number of benzene rings is 2. The first-order valence-corrected chi connectivity index (χ1v) is 11.1. The number of methoxy groups -OCH3 is 1. The normalized spacial score (nSPS) is 12.4. The Bertz CT molecular complexity index is 1120. The molecule has 1 amide bonds. The lowest BCUT2D eigenvalue weighted by atomic mass is 10.2. The Morgan fingerprint density at radius 1 is 1.09 bits per heavy atom. The molecular formula is C22H23N5O4S. The summed E-state index contributed by atoms with van der Waals surface area (Å²) in [7, 11) is 1.64. The van der Waals surface area contributed by atoms with Crippen molar-refractivity contribution in [2.24, 2.45) is 0 Å². The van der Waals surface area contributed by atoms with Gasteiger partial charge in [-0.2, -0.15) is 0 Å². The maximum Gasteiger partial charge on any atom is 0.340 e. The molecule has 1 aliphatic heterocycles. The summed E-state index contributed by atoms with van der Waals surface area (Å²) in [5, 5.41) is 12.0. The summed E-state index contributed by atoms with van der Waals surface area (Å²) in [5.74, 6) is 0.962. The smallest absolute Gasteiger partial charge is 0.340 e. The number of carbonyl (C=O) groups excluding carboxylic acids is 2. The summed E-state index contributed by atoms with van der Waals surface area (Å²) in [6.45, 7) is 3.50. The van der Waals surface area contributed by atoms with E-state index in [1.807, 2.05) is 28.8 Å². The predicted octanol–water partition coefficient (Wildman–Crippen LogP) is 3.35. The first kappa shape index (κ1) is 21.7. The van der Waals surface area contributed by atoms with E-state index in [0.29, 0.717) is 16.4 Å². The van der Waals surface area contributed by atoms with E-state index in [0.717, 1.165) is 30.5 Å². The van der Waals surface area contributed by atoms with Gasteiger partial charge >= 0.3 is 5.97 Å². The van der Waals surface area contributed by atoms with E-state index < -0.39 is 5.97 Å². The largest absolute Gasteiger partial charge is 0.497 e. The molecule has 166 valence electrons. The molecule has 2 aromatic carbocycles. The third-order valence-corrected chi connectivity index (χ3v) is 5.87. The summed E-state index contributed by atoms with van der Waals surface area (Å²) in [4.78, 5) is 26.7. The van der Waals surface area contributed by atoms with Crippen molar-refractivity contribution in [2.75, 3.05) is 36.2 Å². The molecule has 0 radical (unpaired) electrons. The Labute approximate surface area is 189 Å². The second-order valence-corrected chi connectivity index (χ2v) is 7.83. The number of esters is 1. The van der Waals surface area contributed by atoms with Crippen LogP contribution in [0.2, 0.25) is 0 Å². The highest BCUT2D eigenvalue weighted by molar-refractivity contribution is 7.99. The average molecular weight is 454 g/mol. The number of aromatic nitrogens is 3. The summed E-state index contributed by atoms with van der Waals surface area (Å²) < 4.78 is 12.3. The second-order valence-electron chi connectivity index (χ2n) is 6.89. The Morgan fingerprint density at radius 2 is 1.88 bits per heavy atom. The van der Waals surface area contributed by atoms with E-state index in [2.05, 4.69) is 20.4 Å². The molecule has 0 atom stereocenters. The lowest BCUT2D eigenvalue weighted by Gasteiger charge is -2.15. The summed E-state index contributed by atoms with van der Waals surface area (Å²) >= 11 is 1.30. The number of para-hydroxylation sites is 1.